The van der Waals surface area contributed by atoms with Crippen LogP contribution < -0.4 is 4.74 Å². The number of piperidine rings is 1. The van der Waals surface area contributed by atoms with E-state index in [2.05, 4.69) is 26.7 Å². The standard InChI is InChI=1S/C22H31N5O2/c1-25-13-11-20-23-24-22(27(20)15-14-25)18-4-3-12-26(16-18)21(28)10-7-17-5-8-19(29-2)9-6-17/h5-6,8-9,18H,3-4,7,10-16H2,1-2H3. The molecule has 1 aromatic heterocycles. The highest BCUT2D eigenvalue weighted by Gasteiger charge is 2.29. The Kier molecular flexibility index (Phi) is 6.13. The predicted octanol–water partition coefficient (Wildman–Crippen LogP) is 2.11. The number of carbonyl (C=O) groups is 1. The van der Waals surface area contributed by atoms with E-state index in [1.165, 1.54) is 5.56 Å². The van der Waals surface area contributed by atoms with Gasteiger partial charge in [-0.05, 0) is 44.0 Å². The van der Waals surface area contributed by atoms with E-state index in [0.29, 0.717) is 12.3 Å². The summed E-state index contributed by atoms with van der Waals surface area (Å²) in [6.07, 6.45) is 4.36. The van der Waals surface area contributed by atoms with E-state index >= 15 is 0 Å². The maximum absolute atomic E-state index is 12.8. The Morgan fingerprint density at radius 3 is 2.76 bits per heavy atom. The van der Waals surface area contributed by atoms with Gasteiger partial charge in [-0.2, -0.15) is 0 Å². The largest absolute Gasteiger partial charge is 0.497 e. The third kappa shape index (κ3) is 4.61. The summed E-state index contributed by atoms with van der Waals surface area (Å²) >= 11 is 0. The Bertz CT molecular complexity index is 832. The molecule has 0 N–H and O–H groups in total. The number of aryl methyl sites for hydroxylation is 1. The van der Waals surface area contributed by atoms with Crippen LogP contribution in [0.5, 0.6) is 5.75 Å². The Morgan fingerprint density at radius 1 is 1.14 bits per heavy atom. The van der Waals surface area contributed by atoms with Crippen molar-refractivity contribution >= 4 is 5.91 Å². The summed E-state index contributed by atoms with van der Waals surface area (Å²) in [4.78, 5) is 17.2. The van der Waals surface area contributed by atoms with Gasteiger partial charge in [0.05, 0.1) is 7.11 Å². The molecule has 29 heavy (non-hydrogen) atoms. The molecular weight excluding hydrogens is 366 g/mol. The number of hydrogen-bond acceptors (Lipinski definition) is 5. The highest BCUT2D eigenvalue weighted by atomic mass is 16.5. The lowest BCUT2D eigenvalue weighted by molar-refractivity contribution is -0.132. The molecule has 3 heterocycles. The van der Waals surface area contributed by atoms with Crippen LogP contribution in [-0.2, 0) is 24.2 Å². The molecule has 0 spiro atoms. The fourth-order valence-corrected chi connectivity index (χ4v) is 4.37. The van der Waals surface area contributed by atoms with Crippen LogP contribution in [-0.4, -0.2) is 70.8 Å². The molecule has 7 nitrogen and oxygen atoms in total. The van der Waals surface area contributed by atoms with E-state index in [1.54, 1.807) is 7.11 Å². The SMILES string of the molecule is COc1ccc(CCC(=O)N2CCCC(c3nnc4n3CCN(C)CC4)C2)cc1. The number of fused-ring (bicyclic) bond motifs is 1. The highest BCUT2D eigenvalue weighted by Crippen LogP contribution is 2.27. The number of carbonyl (C=O) groups excluding carboxylic acids is 1. The summed E-state index contributed by atoms with van der Waals surface area (Å²) in [7, 11) is 3.82. The van der Waals surface area contributed by atoms with Crippen LogP contribution in [0.3, 0.4) is 0 Å². The second-order valence-electron chi connectivity index (χ2n) is 8.21. The molecule has 156 valence electrons. The Balaban J connectivity index is 1.37. The van der Waals surface area contributed by atoms with Crippen molar-refractivity contribution in [3.63, 3.8) is 0 Å². The Hall–Kier alpha value is -2.41. The third-order valence-corrected chi connectivity index (χ3v) is 6.20. The normalized spacial score (nSPS) is 20.2. The molecule has 2 aliphatic rings. The van der Waals surface area contributed by atoms with Crippen molar-refractivity contribution < 1.29 is 9.53 Å². The Labute approximate surface area is 172 Å². The van der Waals surface area contributed by atoms with E-state index in [0.717, 1.165) is 75.8 Å². The summed E-state index contributed by atoms with van der Waals surface area (Å²) in [5, 5.41) is 9.00. The minimum absolute atomic E-state index is 0.237. The second-order valence-corrected chi connectivity index (χ2v) is 8.21. The average molecular weight is 398 g/mol. The fraction of sp³-hybridized carbons (Fsp3) is 0.591. The van der Waals surface area contributed by atoms with Crippen molar-refractivity contribution in [1.82, 2.24) is 24.6 Å². The van der Waals surface area contributed by atoms with Gasteiger partial charge in [0.1, 0.15) is 17.4 Å². The molecule has 1 unspecified atom stereocenters. The molecule has 1 fully saturated rings. The number of benzene rings is 1. The number of ether oxygens (including phenoxy) is 1. The van der Waals surface area contributed by atoms with Crippen molar-refractivity contribution in [3.05, 3.63) is 41.5 Å². The molecule has 1 amide bonds. The lowest BCUT2D eigenvalue weighted by atomic mass is 9.96. The predicted molar refractivity (Wildman–Crippen MR) is 111 cm³/mol. The first kappa shape index (κ1) is 19.9. The van der Waals surface area contributed by atoms with Gasteiger partial charge in [-0.1, -0.05) is 12.1 Å². The number of amides is 1. The first-order chi connectivity index (χ1) is 14.1. The van der Waals surface area contributed by atoms with Crippen LogP contribution in [0, 0.1) is 0 Å². The number of aromatic nitrogens is 3. The van der Waals surface area contributed by atoms with E-state index in [1.807, 2.05) is 29.2 Å². The van der Waals surface area contributed by atoms with Crippen LogP contribution >= 0.6 is 0 Å². The zero-order valence-electron chi connectivity index (χ0n) is 17.5. The molecule has 1 saturated heterocycles. The van der Waals surface area contributed by atoms with Crippen LogP contribution in [0.2, 0.25) is 0 Å². The molecular formula is C22H31N5O2. The van der Waals surface area contributed by atoms with Gasteiger partial charge < -0.3 is 19.1 Å². The quantitative estimate of drug-likeness (QED) is 0.773. The van der Waals surface area contributed by atoms with Gasteiger partial charge in [-0.15, -0.1) is 10.2 Å². The first-order valence-electron chi connectivity index (χ1n) is 10.7. The molecule has 0 saturated carbocycles. The summed E-state index contributed by atoms with van der Waals surface area (Å²) < 4.78 is 7.50. The number of hydrogen-bond donors (Lipinski definition) is 0. The van der Waals surface area contributed by atoms with Crippen LogP contribution in [0.15, 0.2) is 24.3 Å². The molecule has 7 heteroatoms. The summed E-state index contributed by atoms with van der Waals surface area (Å²) in [6, 6.07) is 7.97. The first-order valence-corrected chi connectivity index (χ1v) is 10.7. The summed E-state index contributed by atoms with van der Waals surface area (Å²) in [5.74, 6) is 3.53. The van der Waals surface area contributed by atoms with Crippen molar-refractivity contribution in [2.24, 2.45) is 0 Å². The molecule has 1 aromatic carbocycles. The van der Waals surface area contributed by atoms with Crippen LogP contribution in [0.4, 0.5) is 0 Å². The summed E-state index contributed by atoms with van der Waals surface area (Å²) in [5.41, 5.74) is 1.17. The van der Waals surface area contributed by atoms with Crippen LogP contribution in [0.1, 0.15) is 42.4 Å². The van der Waals surface area contributed by atoms with Gasteiger partial charge in [0, 0.05) is 51.5 Å². The maximum atomic E-state index is 12.8. The van der Waals surface area contributed by atoms with Gasteiger partial charge in [0.15, 0.2) is 0 Å². The minimum atomic E-state index is 0.237. The number of likely N-dealkylation sites (tertiary alicyclic amines) is 1. The molecule has 0 aliphatic carbocycles. The molecule has 0 radical (unpaired) electrons. The number of rotatable bonds is 5. The van der Waals surface area contributed by atoms with Gasteiger partial charge in [0.25, 0.3) is 0 Å². The maximum Gasteiger partial charge on any atom is 0.222 e. The zero-order valence-corrected chi connectivity index (χ0v) is 17.5. The van der Waals surface area contributed by atoms with Crippen molar-refractivity contribution in [2.45, 2.75) is 44.6 Å². The van der Waals surface area contributed by atoms with Gasteiger partial charge in [0.2, 0.25) is 5.91 Å². The number of nitrogens with zero attached hydrogens (tertiary/aromatic N) is 5. The van der Waals surface area contributed by atoms with E-state index in [4.69, 9.17) is 4.74 Å². The minimum Gasteiger partial charge on any atom is -0.497 e. The van der Waals surface area contributed by atoms with Crippen molar-refractivity contribution in [3.8, 4) is 5.75 Å². The lowest BCUT2D eigenvalue weighted by Crippen LogP contribution is -2.40. The zero-order chi connectivity index (χ0) is 20.2. The highest BCUT2D eigenvalue weighted by molar-refractivity contribution is 5.76. The monoisotopic (exact) mass is 397 g/mol. The van der Waals surface area contributed by atoms with Crippen molar-refractivity contribution in [1.29, 1.82) is 0 Å². The summed E-state index contributed by atoms with van der Waals surface area (Å²) in [6.45, 7) is 4.60. The van der Waals surface area contributed by atoms with E-state index in [9.17, 15) is 4.79 Å². The van der Waals surface area contributed by atoms with Gasteiger partial charge in [-0.25, -0.2) is 0 Å². The molecule has 1 atom stereocenters. The lowest BCUT2D eigenvalue weighted by Gasteiger charge is -2.32. The number of methoxy groups -OCH3 is 1. The Morgan fingerprint density at radius 2 is 1.97 bits per heavy atom. The third-order valence-electron chi connectivity index (χ3n) is 6.20. The smallest absolute Gasteiger partial charge is 0.222 e. The molecule has 2 aromatic rings. The number of likely N-dealkylation sites (N-methyl/N-ethyl adjacent to an activating group) is 1. The van der Waals surface area contributed by atoms with E-state index in [-0.39, 0.29) is 5.91 Å². The second kappa shape index (κ2) is 8.95. The average Bonchev–Trinajstić information content (AvgIpc) is 3.08. The van der Waals surface area contributed by atoms with Gasteiger partial charge in [-0.3, -0.25) is 4.79 Å². The molecule has 4 rings (SSSR count). The topological polar surface area (TPSA) is 63.5 Å². The van der Waals surface area contributed by atoms with E-state index < -0.39 is 0 Å². The molecule has 0 bridgehead atoms. The van der Waals surface area contributed by atoms with Crippen molar-refractivity contribution in [2.75, 3.05) is 40.3 Å². The molecule has 2 aliphatic heterocycles. The fourth-order valence-electron chi connectivity index (χ4n) is 4.37. The van der Waals surface area contributed by atoms with Crippen LogP contribution in [0.25, 0.3) is 0 Å². The van der Waals surface area contributed by atoms with Gasteiger partial charge >= 0.3 is 0 Å².